The van der Waals surface area contributed by atoms with Gasteiger partial charge in [-0.1, -0.05) is 0 Å². The van der Waals surface area contributed by atoms with Crippen LogP contribution in [0.1, 0.15) is 12.8 Å². The molecule has 0 aliphatic carbocycles. The standard InChI is InChI=1S/C7H17NO2/c1-8(4-2-6-9)5-3-7-10/h9-10H,2-7H2,1H3. The summed E-state index contributed by atoms with van der Waals surface area (Å²) < 4.78 is 0. The van der Waals surface area contributed by atoms with E-state index in [-0.39, 0.29) is 13.2 Å². The van der Waals surface area contributed by atoms with Crippen molar-refractivity contribution in [1.82, 2.24) is 4.90 Å². The van der Waals surface area contributed by atoms with Crippen molar-refractivity contribution in [3.05, 3.63) is 0 Å². The lowest BCUT2D eigenvalue weighted by Crippen LogP contribution is -2.22. The van der Waals surface area contributed by atoms with Crippen LogP contribution in [0.15, 0.2) is 0 Å². The van der Waals surface area contributed by atoms with Gasteiger partial charge in [0.1, 0.15) is 0 Å². The summed E-state index contributed by atoms with van der Waals surface area (Å²) in [6, 6.07) is 0. The zero-order valence-corrected chi connectivity index (χ0v) is 6.58. The van der Waals surface area contributed by atoms with Crippen molar-refractivity contribution in [3.63, 3.8) is 0 Å². The van der Waals surface area contributed by atoms with Gasteiger partial charge in [-0.25, -0.2) is 0 Å². The summed E-state index contributed by atoms with van der Waals surface area (Å²) in [5.41, 5.74) is 0. The van der Waals surface area contributed by atoms with Crippen molar-refractivity contribution in [3.8, 4) is 0 Å². The number of aliphatic hydroxyl groups excluding tert-OH is 2. The highest BCUT2D eigenvalue weighted by molar-refractivity contribution is 4.49. The first-order valence-corrected chi connectivity index (χ1v) is 3.71. The molecule has 10 heavy (non-hydrogen) atoms. The Hall–Kier alpha value is -0.120. The summed E-state index contributed by atoms with van der Waals surface area (Å²) in [6.45, 7) is 2.33. The second-order valence-electron chi connectivity index (χ2n) is 2.46. The monoisotopic (exact) mass is 147 g/mol. The molecule has 0 fully saturated rings. The molecule has 0 radical (unpaired) electrons. The molecule has 0 atom stereocenters. The molecule has 2 N–H and O–H groups in total. The topological polar surface area (TPSA) is 43.7 Å². The fourth-order valence-corrected chi connectivity index (χ4v) is 0.793. The maximum absolute atomic E-state index is 8.46. The smallest absolute Gasteiger partial charge is 0.0443 e. The zero-order valence-electron chi connectivity index (χ0n) is 6.58. The van der Waals surface area contributed by atoms with Crippen molar-refractivity contribution in [2.24, 2.45) is 0 Å². The van der Waals surface area contributed by atoms with E-state index in [9.17, 15) is 0 Å². The molecule has 0 spiro atoms. The number of aliphatic hydroxyl groups is 2. The van der Waals surface area contributed by atoms with Crippen LogP contribution in [-0.2, 0) is 0 Å². The van der Waals surface area contributed by atoms with Gasteiger partial charge in [0.2, 0.25) is 0 Å². The molecule has 0 aromatic heterocycles. The van der Waals surface area contributed by atoms with E-state index in [2.05, 4.69) is 4.90 Å². The van der Waals surface area contributed by atoms with Crippen LogP contribution in [-0.4, -0.2) is 48.5 Å². The van der Waals surface area contributed by atoms with Gasteiger partial charge in [-0.15, -0.1) is 0 Å². The Balaban J connectivity index is 3.00. The molecule has 0 rings (SSSR count). The van der Waals surface area contributed by atoms with Crippen molar-refractivity contribution >= 4 is 0 Å². The first kappa shape index (κ1) is 9.88. The summed E-state index contributed by atoms with van der Waals surface area (Å²) in [7, 11) is 1.99. The molecule has 0 aliphatic rings. The van der Waals surface area contributed by atoms with E-state index < -0.39 is 0 Å². The van der Waals surface area contributed by atoms with Crippen molar-refractivity contribution in [2.45, 2.75) is 12.8 Å². The number of rotatable bonds is 6. The van der Waals surface area contributed by atoms with Gasteiger partial charge in [0, 0.05) is 26.3 Å². The molecular weight excluding hydrogens is 130 g/mol. The average Bonchev–Trinajstić information content (AvgIpc) is 1.97. The van der Waals surface area contributed by atoms with Crippen molar-refractivity contribution in [1.29, 1.82) is 0 Å². The largest absolute Gasteiger partial charge is 0.396 e. The molecule has 0 saturated heterocycles. The second-order valence-corrected chi connectivity index (χ2v) is 2.46. The van der Waals surface area contributed by atoms with Gasteiger partial charge >= 0.3 is 0 Å². The number of hydrogen-bond acceptors (Lipinski definition) is 3. The molecule has 0 aromatic rings. The van der Waals surface area contributed by atoms with Gasteiger partial charge in [0.05, 0.1) is 0 Å². The fraction of sp³-hybridized carbons (Fsp3) is 1.00. The van der Waals surface area contributed by atoms with Crippen LogP contribution < -0.4 is 0 Å². The van der Waals surface area contributed by atoms with Crippen LogP contribution in [0.3, 0.4) is 0 Å². The lowest BCUT2D eigenvalue weighted by Gasteiger charge is -2.14. The van der Waals surface area contributed by atoms with Gasteiger partial charge in [0.25, 0.3) is 0 Å². The Bertz CT molecular complexity index is 60.6. The van der Waals surface area contributed by atoms with Crippen LogP contribution in [0.25, 0.3) is 0 Å². The lowest BCUT2D eigenvalue weighted by atomic mass is 10.3. The third kappa shape index (κ3) is 6.01. The van der Waals surface area contributed by atoms with Crippen molar-refractivity contribution in [2.75, 3.05) is 33.4 Å². The molecule has 3 heteroatoms. The van der Waals surface area contributed by atoms with E-state index in [1.165, 1.54) is 0 Å². The van der Waals surface area contributed by atoms with Crippen LogP contribution in [0.2, 0.25) is 0 Å². The third-order valence-corrected chi connectivity index (χ3v) is 1.40. The molecule has 0 unspecified atom stereocenters. The lowest BCUT2D eigenvalue weighted by molar-refractivity contribution is 0.224. The molecule has 62 valence electrons. The van der Waals surface area contributed by atoms with Crippen molar-refractivity contribution < 1.29 is 10.2 Å². The Morgan fingerprint density at radius 1 is 1.00 bits per heavy atom. The highest BCUT2D eigenvalue weighted by Crippen LogP contribution is 1.88. The normalized spacial score (nSPS) is 10.8. The molecule has 0 aromatic carbocycles. The zero-order chi connectivity index (χ0) is 7.82. The summed E-state index contributed by atoms with van der Waals surface area (Å²) in [5, 5.41) is 16.9. The minimum atomic E-state index is 0.253. The minimum Gasteiger partial charge on any atom is -0.396 e. The summed E-state index contributed by atoms with van der Waals surface area (Å²) in [6.07, 6.45) is 1.64. The van der Waals surface area contributed by atoms with Gasteiger partial charge in [-0.3, -0.25) is 0 Å². The molecule has 0 saturated carbocycles. The fourth-order valence-electron chi connectivity index (χ4n) is 0.793. The highest BCUT2D eigenvalue weighted by atomic mass is 16.3. The first-order valence-electron chi connectivity index (χ1n) is 3.71. The minimum absolute atomic E-state index is 0.253. The van der Waals surface area contributed by atoms with E-state index in [0.717, 1.165) is 25.9 Å². The Morgan fingerprint density at radius 2 is 1.40 bits per heavy atom. The maximum Gasteiger partial charge on any atom is 0.0443 e. The molecule has 0 aliphatic heterocycles. The highest BCUT2D eigenvalue weighted by Gasteiger charge is 1.94. The van der Waals surface area contributed by atoms with Gasteiger partial charge in [0.15, 0.2) is 0 Å². The quantitative estimate of drug-likeness (QED) is 0.541. The van der Waals surface area contributed by atoms with Gasteiger partial charge in [-0.2, -0.15) is 0 Å². The van der Waals surface area contributed by atoms with Crippen LogP contribution >= 0.6 is 0 Å². The third-order valence-electron chi connectivity index (χ3n) is 1.40. The summed E-state index contributed by atoms with van der Waals surface area (Å²) in [5.74, 6) is 0. The summed E-state index contributed by atoms with van der Waals surface area (Å²) in [4.78, 5) is 2.10. The van der Waals surface area contributed by atoms with E-state index in [1.807, 2.05) is 7.05 Å². The Kier molecular flexibility index (Phi) is 6.91. The van der Waals surface area contributed by atoms with E-state index in [4.69, 9.17) is 10.2 Å². The predicted molar refractivity (Wildman–Crippen MR) is 40.9 cm³/mol. The Morgan fingerprint density at radius 3 is 1.70 bits per heavy atom. The van der Waals surface area contributed by atoms with E-state index in [0.29, 0.717) is 0 Å². The number of hydrogen-bond donors (Lipinski definition) is 2. The van der Waals surface area contributed by atoms with E-state index >= 15 is 0 Å². The first-order chi connectivity index (χ1) is 4.81. The van der Waals surface area contributed by atoms with E-state index in [1.54, 1.807) is 0 Å². The SMILES string of the molecule is CN(CCCO)CCCO. The molecule has 3 nitrogen and oxygen atoms in total. The second kappa shape index (κ2) is 6.99. The van der Waals surface area contributed by atoms with Crippen LogP contribution in [0.5, 0.6) is 0 Å². The predicted octanol–water partition coefficient (Wildman–Crippen LogP) is -0.317. The van der Waals surface area contributed by atoms with Crippen LogP contribution in [0, 0.1) is 0 Å². The molecular formula is C7H17NO2. The number of nitrogens with zero attached hydrogens (tertiary/aromatic N) is 1. The maximum atomic E-state index is 8.46. The Labute approximate surface area is 62.3 Å². The molecule has 0 bridgehead atoms. The van der Waals surface area contributed by atoms with Gasteiger partial charge < -0.3 is 15.1 Å². The van der Waals surface area contributed by atoms with Crippen LogP contribution in [0.4, 0.5) is 0 Å². The average molecular weight is 147 g/mol. The molecule has 0 amide bonds. The molecule has 0 heterocycles. The van der Waals surface area contributed by atoms with Gasteiger partial charge in [-0.05, 0) is 19.9 Å². The summed E-state index contributed by atoms with van der Waals surface area (Å²) >= 11 is 0.